The molecule has 2 rings (SSSR count). The molecule has 0 aromatic heterocycles. The second-order valence-electron chi connectivity index (χ2n) is 4.68. The van der Waals surface area contributed by atoms with Gasteiger partial charge in [0.05, 0.1) is 12.6 Å². The summed E-state index contributed by atoms with van der Waals surface area (Å²) in [7, 11) is 0. The molecule has 3 N–H and O–H groups in total. The Morgan fingerprint density at radius 2 is 2.06 bits per heavy atom. The largest absolute Gasteiger partial charge is 0.348 e. The molecule has 18 heavy (non-hydrogen) atoms. The maximum atomic E-state index is 11.4. The summed E-state index contributed by atoms with van der Waals surface area (Å²) in [6.07, 6.45) is 1.15. The first-order valence-corrected chi connectivity index (χ1v) is 6.24. The number of rotatable bonds is 4. The van der Waals surface area contributed by atoms with Gasteiger partial charge in [-0.3, -0.25) is 4.79 Å². The van der Waals surface area contributed by atoms with E-state index >= 15 is 0 Å². The van der Waals surface area contributed by atoms with Gasteiger partial charge in [-0.2, -0.15) is 0 Å². The quantitative estimate of drug-likeness (QED) is 0.895. The zero-order valence-electron chi connectivity index (χ0n) is 10.2. The molecule has 5 heteroatoms. The molecule has 1 fully saturated rings. The SMILES string of the molecule is CC1CC1C(NC(=O)CN)c1ccc(Cl)cc1.Cl. The summed E-state index contributed by atoms with van der Waals surface area (Å²) in [6, 6.07) is 7.71. The maximum Gasteiger partial charge on any atom is 0.234 e. The Kier molecular flexibility index (Phi) is 5.45. The predicted octanol–water partition coefficient (Wildman–Crippen LogP) is 2.53. The second-order valence-corrected chi connectivity index (χ2v) is 5.11. The Hall–Kier alpha value is -0.770. The average molecular weight is 289 g/mol. The van der Waals surface area contributed by atoms with Crippen LogP contribution in [-0.2, 0) is 4.79 Å². The molecule has 3 nitrogen and oxygen atoms in total. The zero-order chi connectivity index (χ0) is 12.4. The lowest BCUT2D eigenvalue weighted by Crippen LogP contribution is -2.35. The number of carbonyl (C=O) groups is 1. The molecule has 1 aliphatic rings. The monoisotopic (exact) mass is 288 g/mol. The summed E-state index contributed by atoms with van der Waals surface area (Å²) in [4.78, 5) is 11.4. The molecule has 1 aliphatic carbocycles. The van der Waals surface area contributed by atoms with Crippen LogP contribution in [0.15, 0.2) is 24.3 Å². The van der Waals surface area contributed by atoms with E-state index in [-0.39, 0.29) is 30.9 Å². The van der Waals surface area contributed by atoms with E-state index in [9.17, 15) is 4.79 Å². The van der Waals surface area contributed by atoms with Gasteiger partial charge in [-0.15, -0.1) is 12.4 Å². The molecule has 0 spiro atoms. The van der Waals surface area contributed by atoms with Crippen LogP contribution in [-0.4, -0.2) is 12.5 Å². The Morgan fingerprint density at radius 3 is 2.50 bits per heavy atom. The van der Waals surface area contributed by atoms with Gasteiger partial charge >= 0.3 is 0 Å². The molecular weight excluding hydrogens is 271 g/mol. The lowest BCUT2D eigenvalue weighted by atomic mass is 10.0. The van der Waals surface area contributed by atoms with Crippen LogP contribution in [0.5, 0.6) is 0 Å². The summed E-state index contributed by atoms with van der Waals surface area (Å²) in [5, 5.41) is 3.70. The van der Waals surface area contributed by atoms with Crippen molar-refractivity contribution in [2.45, 2.75) is 19.4 Å². The predicted molar refractivity (Wildman–Crippen MR) is 75.9 cm³/mol. The lowest BCUT2D eigenvalue weighted by molar-refractivity contribution is -0.120. The first-order valence-electron chi connectivity index (χ1n) is 5.86. The van der Waals surface area contributed by atoms with Gasteiger partial charge in [0.1, 0.15) is 0 Å². The molecular formula is C13H18Cl2N2O. The second kappa shape index (κ2) is 6.41. The number of benzene rings is 1. The Bertz CT molecular complexity index is 408. The topological polar surface area (TPSA) is 55.1 Å². The van der Waals surface area contributed by atoms with Gasteiger partial charge in [-0.1, -0.05) is 30.7 Å². The molecule has 0 heterocycles. The van der Waals surface area contributed by atoms with Crippen molar-refractivity contribution < 1.29 is 4.79 Å². The van der Waals surface area contributed by atoms with Gasteiger partial charge in [-0.25, -0.2) is 0 Å². The van der Waals surface area contributed by atoms with Crippen molar-refractivity contribution in [1.82, 2.24) is 5.32 Å². The molecule has 0 bridgehead atoms. The Morgan fingerprint density at radius 1 is 1.50 bits per heavy atom. The highest BCUT2D eigenvalue weighted by Gasteiger charge is 2.40. The van der Waals surface area contributed by atoms with Crippen LogP contribution >= 0.6 is 24.0 Å². The maximum absolute atomic E-state index is 11.4. The number of hydrogen-bond donors (Lipinski definition) is 2. The number of carbonyl (C=O) groups excluding carboxylic acids is 1. The minimum absolute atomic E-state index is 0. The van der Waals surface area contributed by atoms with Crippen molar-refractivity contribution in [3.8, 4) is 0 Å². The fraction of sp³-hybridized carbons (Fsp3) is 0.462. The molecule has 100 valence electrons. The van der Waals surface area contributed by atoms with E-state index in [2.05, 4.69) is 12.2 Å². The fourth-order valence-electron chi connectivity index (χ4n) is 2.16. The molecule has 1 amide bonds. The highest BCUT2D eigenvalue weighted by molar-refractivity contribution is 6.30. The third kappa shape index (κ3) is 3.61. The van der Waals surface area contributed by atoms with E-state index in [1.54, 1.807) is 0 Å². The molecule has 0 saturated heterocycles. The van der Waals surface area contributed by atoms with Crippen molar-refractivity contribution in [3.63, 3.8) is 0 Å². The molecule has 3 atom stereocenters. The van der Waals surface area contributed by atoms with Crippen molar-refractivity contribution >= 4 is 29.9 Å². The van der Waals surface area contributed by atoms with Gasteiger partial charge in [0, 0.05) is 5.02 Å². The number of nitrogens with two attached hydrogens (primary N) is 1. The normalized spacial score (nSPS) is 22.8. The summed E-state index contributed by atoms with van der Waals surface area (Å²) in [6.45, 7) is 2.23. The van der Waals surface area contributed by atoms with Gasteiger partial charge in [0.15, 0.2) is 0 Å². The number of halogens is 2. The van der Waals surface area contributed by atoms with Crippen molar-refractivity contribution in [2.75, 3.05) is 6.54 Å². The van der Waals surface area contributed by atoms with Crippen LogP contribution in [0.2, 0.25) is 5.02 Å². The number of nitrogens with one attached hydrogen (secondary N) is 1. The van der Waals surface area contributed by atoms with Crippen LogP contribution in [0.3, 0.4) is 0 Å². The van der Waals surface area contributed by atoms with Crippen molar-refractivity contribution in [3.05, 3.63) is 34.9 Å². The van der Waals surface area contributed by atoms with Crippen LogP contribution < -0.4 is 11.1 Å². The van der Waals surface area contributed by atoms with Gasteiger partial charge in [0.2, 0.25) is 5.91 Å². The molecule has 1 saturated carbocycles. The van der Waals surface area contributed by atoms with E-state index < -0.39 is 0 Å². The zero-order valence-corrected chi connectivity index (χ0v) is 11.8. The standard InChI is InChI=1S/C13H17ClN2O.ClH/c1-8-6-11(8)13(16-12(17)7-15)9-2-4-10(14)5-3-9;/h2-5,8,11,13H,6-7,15H2,1H3,(H,16,17);1H. The minimum Gasteiger partial charge on any atom is -0.348 e. The molecule has 1 aromatic rings. The van der Waals surface area contributed by atoms with Crippen LogP contribution in [0.1, 0.15) is 24.9 Å². The van der Waals surface area contributed by atoms with E-state index in [1.165, 1.54) is 0 Å². The summed E-state index contributed by atoms with van der Waals surface area (Å²) >= 11 is 5.87. The number of amides is 1. The van der Waals surface area contributed by atoms with Crippen LogP contribution in [0, 0.1) is 11.8 Å². The molecule has 0 aliphatic heterocycles. The minimum atomic E-state index is -0.107. The summed E-state index contributed by atoms with van der Waals surface area (Å²) in [5.41, 5.74) is 6.45. The Labute approximate surface area is 118 Å². The first kappa shape index (κ1) is 15.3. The van der Waals surface area contributed by atoms with Crippen molar-refractivity contribution in [2.24, 2.45) is 17.6 Å². The third-order valence-corrected chi connectivity index (χ3v) is 3.58. The summed E-state index contributed by atoms with van der Waals surface area (Å²) < 4.78 is 0. The van der Waals surface area contributed by atoms with Crippen LogP contribution in [0.4, 0.5) is 0 Å². The average Bonchev–Trinajstić information content (AvgIpc) is 3.04. The Balaban J connectivity index is 0.00000162. The molecule has 3 unspecified atom stereocenters. The van der Waals surface area contributed by atoms with Crippen molar-refractivity contribution in [1.29, 1.82) is 0 Å². The van der Waals surface area contributed by atoms with E-state index in [0.29, 0.717) is 16.9 Å². The van der Waals surface area contributed by atoms with Gasteiger partial charge in [0.25, 0.3) is 0 Å². The van der Waals surface area contributed by atoms with Crippen LogP contribution in [0.25, 0.3) is 0 Å². The first-order chi connectivity index (χ1) is 8.11. The van der Waals surface area contributed by atoms with Gasteiger partial charge in [-0.05, 0) is 36.0 Å². The lowest BCUT2D eigenvalue weighted by Gasteiger charge is -2.19. The highest BCUT2D eigenvalue weighted by atomic mass is 35.5. The smallest absolute Gasteiger partial charge is 0.234 e. The van der Waals surface area contributed by atoms with Gasteiger partial charge < -0.3 is 11.1 Å². The fourth-order valence-corrected chi connectivity index (χ4v) is 2.28. The molecule has 0 radical (unpaired) electrons. The van der Waals surface area contributed by atoms with E-state index in [1.807, 2.05) is 24.3 Å². The third-order valence-electron chi connectivity index (χ3n) is 3.33. The summed E-state index contributed by atoms with van der Waals surface area (Å²) in [5.74, 6) is 1.07. The highest BCUT2D eigenvalue weighted by Crippen LogP contribution is 2.46. The number of hydrogen-bond acceptors (Lipinski definition) is 2. The molecule has 1 aromatic carbocycles. The van der Waals surface area contributed by atoms with E-state index in [4.69, 9.17) is 17.3 Å². The van der Waals surface area contributed by atoms with E-state index in [0.717, 1.165) is 12.0 Å².